The molecule has 1 saturated heterocycles. The van der Waals surface area contributed by atoms with Crippen LogP contribution in [0.5, 0.6) is 0 Å². The first-order valence-corrected chi connectivity index (χ1v) is 12.4. The Hall–Kier alpha value is -3.01. The Morgan fingerprint density at radius 3 is 2.69 bits per heavy atom. The third-order valence-corrected chi connectivity index (χ3v) is 7.42. The van der Waals surface area contributed by atoms with Gasteiger partial charge in [0.25, 0.3) is 0 Å². The number of hydrogen-bond acceptors (Lipinski definition) is 7. The second-order valence-electron chi connectivity index (χ2n) is 9.58. The van der Waals surface area contributed by atoms with Gasteiger partial charge in [0, 0.05) is 42.3 Å². The molecule has 0 spiro atoms. The van der Waals surface area contributed by atoms with E-state index in [-0.39, 0.29) is 11.7 Å². The van der Waals surface area contributed by atoms with Crippen molar-refractivity contribution >= 4 is 22.8 Å². The third-order valence-electron chi connectivity index (χ3n) is 7.18. The maximum Gasteiger partial charge on any atom is 0.182 e. The molecule has 36 heavy (non-hydrogen) atoms. The molecule has 10 heteroatoms. The summed E-state index contributed by atoms with van der Waals surface area (Å²) in [6, 6.07) is 5.00. The Morgan fingerprint density at radius 2 is 1.94 bits per heavy atom. The van der Waals surface area contributed by atoms with Gasteiger partial charge in [-0.1, -0.05) is 11.6 Å². The summed E-state index contributed by atoms with van der Waals surface area (Å²) in [5.41, 5.74) is 3.10. The highest BCUT2D eigenvalue weighted by atomic mass is 35.5. The van der Waals surface area contributed by atoms with E-state index < -0.39 is 11.4 Å². The van der Waals surface area contributed by atoms with Gasteiger partial charge in [-0.25, -0.2) is 24.3 Å². The van der Waals surface area contributed by atoms with Crippen molar-refractivity contribution < 1.29 is 13.9 Å². The number of hydrogen-bond donors (Lipinski definition) is 0. The first kappa shape index (κ1) is 23.4. The number of aromatic nitrogens is 6. The van der Waals surface area contributed by atoms with E-state index in [1.807, 2.05) is 24.7 Å². The van der Waals surface area contributed by atoms with Crippen LogP contribution in [0.25, 0.3) is 22.4 Å². The van der Waals surface area contributed by atoms with Crippen LogP contribution in [-0.2, 0) is 15.1 Å². The Morgan fingerprint density at radius 1 is 1.14 bits per heavy atom. The first-order valence-electron chi connectivity index (χ1n) is 12.1. The number of methoxy groups -OCH3 is 1. The van der Waals surface area contributed by atoms with Crippen LogP contribution in [0.2, 0.25) is 5.02 Å². The van der Waals surface area contributed by atoms with Gasteiger partial charge in [0.05, 0.1) is 36.3 Å². The fourth-order valence-electron chi connectivity index (χ4n) is 4.76. The molecule has 1 aromatic carbocycles. The molecule has 4 heterocycles. The summed E-state index contributed by atoms with van der Waals surface area (Å²) >= 11 is 6.02. The van der Waals surface area contributed by atoms with Crippen molar-refractivity contribution in [3.8, 4) is 11.3 Å². The molecule has 1 unspecified atom stereocenters. The molecular formula is C26H26ClFN6O2. The highest BCUT2D eigenvalue weighted by Gasteiger charge is 2.43. The van der Waals surface area contributed by atoms with Gasteiger partial charge in [-0.3, -0.25) is 4.68 Å². The molecule has 1 aliphatic heterocycles. The SMILES string of the molecule is COC1(c2nc(-c3ccc(Cl)cc3F)c3nc(C)c(C)nc3n2)CCO[C@@H](c2cnn(C3CC3)c2)C1. The summed E-state index contributed by atoms with van der Waals surface area (Å²) in [6.07, 6.45) is 7.04. The lowest BCUT2D eigenvalue weighted by Crippen LogP contribution is -2.39. The van der Waals surface area contributed by atoms with E-state index in [4.69, 9.17) is 31.0 Å². The van der Waals surface area contributed by atoms with E-state index in [9.17, 15) is 0 Å². The van der Waals surface area contributed by atoms with Gasteiger partial charge in [-0.2, -0.15) is 5.10 Å². The molecular weight excluding hydrogens is 483 g/mol. The minimum atomic E-state index is -0.850. The number of benzene rings is 1. The minimum Gasteiger partial charge on any atom is -0.373 e. The lowest BCUT2D eigenvalue weighted by molar-refractivity contribution is -0.133. The van der Waals surface area contributed by atoms with Crippen LogP contribution in [0.1, 0.15) is 60.6 Å². The molecule has 3 aromatic heterocycles. The summed E-state index contributed by atoms with van der Waals surface area (Å²) in [7, 11) is 1.65. The fraction of sp³-hybridized carbons (Fsp3) is 0.423. The first-order chi connectivity index (χ1) is 17.4. The average Bonchev–Trinajstić information content (AvgIpc) is 3.60. The minimum absolute atomic E-state index is 0.230. The molecule has 2 fully saturated rings. The van der Waals surface area contributed by atoms with Crippen LogP contribution in [0.4, 0.5) is 4.39 Å². The molecule has 1 saturated carbocycles. The van der Waals surface area contributed by atoms with Gasteiger partial charge in [0.15, 0.2) is 11.5 Å². The van der Waals surface area contributed by atoms with E-state index in [2.05, 4.69) is 21.3 Å². The van der Waals surface area contributed by atoms with E-state index in [0.29, 0.717) is 53.2 Å². The summed E-state index contributed by atoms with van der Waals surface area (Å²) in [5.74, 6) is -0.0559. The molecule has 6 rings (SSSR count). The summed E-state index contributed by atoms with van der Waals surface area (Å²) < 4.78 is 29.4. The molecule has 0 amide bonds. The standard InChI is InChI=1S/C26H26ClFN6O2/c1-14-15(2)31-24-23(30-14)22(19-7-4-17(27)10-20(19)28)32-25(33-24)26(35-3)8-9-36-21(11-26)16-12-29-34(13-16)18-5-6-18/h4,7,10,12-13,18,21H,5-6,8-9,11H2,1-3H3/t21-,26?/m1/s1. The number of ether oxygens (including phenoxy) is 2. The van der Waals surface area contributed by atoms with Gasteiger partial charge >= 0.3 is 0 Å². The Balaban J connectivity index is 1.48. The van der Waals surface area contributed by atoms with Crippen molar-refractivity contribution in [3.63, 3.8) is 0 Å². The summed E-state index contributed by atoms with van der Waals surface area (Å²) in [5, 5.41) is 4.83. The topological polar surface area (TPSA) is 87.8 Å². The van der Waals surface area contributed by atoms with Crippen LogP contribution in [-0.4, -0.2) is 43.4 Å². The number of aryl methyl sites for hydroxylation is 2. The van der Waals surface area contributed by atoms with Gasteiger partial charge in [-0.05, 0) is 44.9 Å². The van der Waals surface area contributed by atoms with Gasteiger partial charge < -0.3 is 9.47 Å². The van der Waals surface area contributed by atoms with Crippen molar-refractivity contribution in [3.05, 3.63) is 64.2 Å². The van der Waals surface area contributed by atoms with Gasteiger partial charge in [-0.15, -0.1) is 0 Å². The monoisotopic (exact) mass is 508 g/mol. The van der Waals surface area contributed by atoms with E-state index in [1.165, 1.54) is 6.07 Å². The quantitative estimate of drug-likeness (QED) is 0.355. The van der Waals surface area contributed by atoms with Crippen LogP contribution < -0.4 is 0 Å². The number of fused-ring (bicyclic) bond motifs is 1. The molecule has 186 valence electrons. The second-order valence-corrected chi connectivity index (χ2v) is 10.0. The number of nitrogens with zero attached hydrogens (tertiary/aromatic N) is 6. The second kappa shape index (κ2) is 8.83. The average molecular weight is 509 g/mol. The lowest BCUT2D eigenvalue weighted by Gasteiger charge is -2.38. The smallest absolute Gasteiger partial charge is 0.182 e. The van der Waals surface area contributed by atoms with Gasteiger partial charge in [0.2, 0.25) is 0 Å². The van der Waals surface area contributed by atoms with Crippen LogP contribution in [0.3, 0.4) is 0 Å². The van der Waals surface area contributed by atoms with Crippen molar-refractivity contribution in [1.82, 2.24) is 29.7 Å². The fourth-order valence-corrected chi connectivity index (χ4v) is 4.92. The van der Waals surface area contributed by atoms with E-state index >= 15 is 4.39 Å². The zero-order valence-corrected chi connectivity index (χ0v) is 21.1. The Bertz CT molecular complexity index is 1470. The molecule has 4 aromatic rings. The molecule has 2 aliphatic rings. The predicted molar refractivity (Wildman–Crippen MR) is 132 cm³/mol. The largest absolute Gasteiger partial charge is 0.373 e. The highest BCUT2D eigenvalue weighted by Crippen LogP contribution is 2.44. The molecule has 0 bridgehead atoms. The van der Waals surface area contributed by atoms with Crippen molar-refractivity contribution in [2.24, 2.45) is 0 Å². The van der Waals surface area contributed by atoms with Crippen molar-refractivity contribution in [2.75, 3.05) is 13.7 Å². The molecule has 0 radical (unpaired) electrons. The molecule has 2 atom stereocenters. The van der Waals surface area contributed by atoms with Gasteiger partial charge in [0.1, 0.15) is 22.6 Å². The van der Waals surface area contributed by atoms with Crippen LogP contribution in [0, 0.1) is 19.7 Å². The Labute approximate surface area is 212 Å². The summed E-state index contributed by atoms with van der Waals surface area (Å²) in [4.78, 5) is 19.0. The molecule has 8 nitrogen and oxygen atoms in total. The lowest BCUT2D eigenvalue weighted by atomic mass is 9.87. The zero-order valence-electron chi connectivity index (χ0n) is 20.3. The maximum absolute atomic E-state index is 15.1. The van der Waals surface area contributed by atoms with E-state index in [1.54, 1.807) is 19.2 Å². The van der Waals surface area contributed by atoms with Crippen LogP contribution in [0.15, 0.2) is 30.6 Å². The third kappa shape index (κ3) is 4.05. The number of halogens is 2. The zero-order chi connectivity index (χ0) is 25.0. The normalized spacial score (nSPS) is 22.3. The van der Waals surface area contributed by atoms with Crippen LogP contribution >= 0.6 is 11.6 Å². The highest BCUT2D eigenvalue weighted by molar-refractivity contribution is 6.30. The van der Waals surface area contributed by atoms with Crippen molar-refractivity contribution in [2.45, 2.75) is 57.3 Å². The number of rotatable bonds is 5. The Kier molecular flexibility index (Phi) is 5.74. The molecule has 1 aliphatic carbocycles. The maximum atomic E-state index is 15.1. The summed E-state index contributed by atoms with van der Waals surface area (Å²) in [6.45, 7) is 4.19. The molecule has 0 N–H and O–H groups in total. The van der Waals surface area contributed by atoms with E-state index in [0.717, 1.165) is 29.8 Å². The predicted octanol–water partition coefficient (Wildman–Crippen LogP) is 5.42. The van der Waals surface area contributed by atoms with Crippen molar-refractivity contribution in [1.29, 1.82) is 0 Å².